The fourth-order valence-electron chi connectivity index (χ4n) is 4.35. The first-order valence-corrected chi connectivity index (χ1v) is 8.36. The summed E-state index contributed by atoms with van der Waals surface area (Å²) in [6, 6.07) is 10.4. The van der Waals surface area contributed by atoms with Crippen molar-refractivity contribution in [1.82, 2.24) is 0 Å². The number of benzene rings is 1. The second kappa shape index (κ2) is 5.69. The highest BCUT2D eigenvalue weighted by atomic mass is 16.5. The zero-order valence-corrected chi connectivity index (χ0v) is 14.2. The van der Waals surface area contributed by atoms with Gasteiger partial charge < -0.3 is 9.84 Å². The largest absolute Gasteiger partial charge is 0.523 e. The predicted molar refractivity (Wildman–Crippen MR) is 90.8 cm³/mol. The van der Waals surface area contributed by atoms with Gasteiger partial charge in [-0.2, -0.15) is 0 Å². The Hall–Kier alpha value is -1.79. The van der Waals surface area contributed by atoms with E-state index in [2.05, 4.69) is 36.0 Å². The summed E-state index contributed by atoms with van der Waals surface area (Å²) in [4.78, 5) is 3.57. The van der Waals surface area contributed by atoms with Crippen LogP contribution in [0.4, 0.5) is 0 Å². The summed E-state index contributed by atoms with van der Waals surface area (Å²) in [5, 5.41) is 10.5. The highest BCUT2D eigenvalue weighted by Gasteiger charge is 2.54. The average molecular weight is 311 g/mol. The molecule has 1 aromatic rings. The molecule has 1 aliphatic carbocycles. The van der Waals surface area contributed by atoms with Gasteiger partial charge in [0, 0.05) is 5.41 Å². The first-order valence-electron chi connectivity index (χ1n) is 8.36. The third kappa shape index (κ3) is 2.77. The van der Waals surface area contributed by atoms with Crippen LogP contribution in [0.5, 0.6) is 0 Å². The molecular formula is C20H25NO2. The van der Waals surface area contributed by atoms with Gasteiger partial charge >= 0.3 is 0 Å². The molecule has 1 heterocycles. The molecule has 1 saturated heterocycles. The number of ether oxygens (including phenoxy) is 1. The van der Waals surface area contributed by atoms with Crippen LogP contribution in [0.2, 0.25) is 0 Å². The van der Waals surface area contributed by atoms with Crippen molar-refractivity contribution in [3.05, 3.63) is 58.8 Å². The molecule has 0 radical (unpaired) electrons. The van der Waals surface area contributed by atoms with Crippen molar-refractivity contribution in [3.8, 4) is 0 Å². The third-order valence-corrected chi connectivity index (χ3v) is 5.55. The van der Waals surface area contributed by atoms with Crippen LogP contribution in [0.3, 0.4) is 0 Å². The molecule has 0 unspecified atom stereocenters. The van der Waals surface area contributed by atoms with Gasteiger partial charge in [-0.3, -0.25) is 0 Å². The van der Waals surface area contributed by atoms with Crippen LogP contribution in [0.1, 0.15) is 45.6 Å². The van der Waals surface area contributed by atoms with Gasteiger partial charge in [-0.05, 0) is 36.7 Å². The monoisotopic (exact) mass is 311 g/mol. The molecule has 23 heavy (non-hydrogen) atoms. The summed E-state index contributed by atoms with van der Waals surface area (Å²) < 4.78 is 6.48. The SMILES string of the molecule is [C-]#[N+]C1=C(O)C(C)(C)[C@@H]2O[C@H](Cc3ccccc3)CC[C@@]2(C)C1. The summed E-state index contributed by atoms with van der Waals surface area (Å²) in [6.45, 7) is 13.6. The van der Waals surface area contributed by atoms with E-state index in [0.29, 0.717) is 12.1 Å². The van der Waals surface area contributed by atoms with Crippen LogP contribution in [-0.4, -0.2) is 17.3 Å². The van der Waals surface area contributed by atoms with Crippen molar-refractivity contribution in [2.45, 2.75) is 58.7 Å². The van der Waals surface area contributed by atoms with Crippen molar-refractivity contribution in [2.24, 2.45) is 10.8 Å². The van der Waals surface area contributed by atoms with Gasteiger partial charge in [-0.15, -0.1) is 0 Å². The van der Waals surface area contributed by atoms with Gasteiger partial charge in [-0.25, -0.2) is 4.85 Å². The molecule has 3 nitrogen and oxygen atoms in total. The van der Waals surface area contributed by atoms with Gasteiger partial charge in [0.25, 0.3) is 0 Å². The summed E-state index contributed by atoms with van der Waals surface area (Å²) in [7, 11) is 0. The number of aliphatic hydroxyl groups excluding tert-OH is 1. The molecule has 0 spiro atoms. The molecule has 2 aliphatic rings. The van der Waals surface area contributed by atoms with Crippen molar-refractivity contribution in [3.63, 3.8) is 0 Å². The van der Waals surface area contributed by atoms with E-state index < -0.39 is 5.41 Å². The minimum absolute atomic E-state index is 0.0528. The molecule has 122 valence electrons. The Morgan fingerprint density at radius 2 is 1.96 bits per heavy atom. The minimum Gasteiger partial charge on any atom is -0.523 e. The number of hydrogen-bond donors (Lipinski definition) is 1. The lowest BCUT2D eigenvalue weighted by Gasteiger charge is -2.54. The topological polar surface area (TPSA) is 33.8 Å². The van der Waals surface area contributed by atoms with Gasteiger partial charge in [0.1, 0.15) is 5.76 Å². The summed E-state index contributed by atoms with van der Waals surface area (Å²) in [6.07, 6.45) is 3.69. The number of rotatable bonds is 2. The van der Waals surface area contributed by atoms with Gasteiger partial charge in [0.05, 0.1) is 18.8 Å². The average Bonchev–Trinajstić information content (AvgIpc) is 2.54. The zero-order valence-electron chi connectivity index (χ0n) is 14.2. The lowest BCUT2D eigenvalue weighted by atomic mass is 9.60. The number of nitrogens with zero attached hydrogens (tertiary/aromatic N) is 1. The summed E-state index contributed by atoms with van der Waals surface area (Å²) >= 11 is 0. The van der Waals surface area contributed by atoms with E-state index in [1.54, 1.807) is 0 Å². The Labute approximate surface area is 138 Å². The molecule has 0 bridgehead atoms. The zero-order chi connectivity index (χ0) is 16.7. The van der Waals surface area contributed by atoms with Crippen LogP contribution in [0, 0.1) is 17.4 Å². The fraction of sp³-hybridized carbons (Fsp3) is 0.550. The first-order chi connectivity index (χ1) is 10.9. The third-order valence-electron chi connectivity index (χ3n) is 5.55. The standard InChI is InChI=1S/C20H25NO2/c1-19(2)17(22)16(21-4)13-20(3)11-10-15(23-18(19)20)12-14-8-6-5-7-9-14/h5-9,15,18,22H,10-13H2,1-3H3/t15-,18-,20-/m0/s1. The van der Waals surface area contributed by atoms with E-state index in [4.69, 9.17) is 11.3 Å². The Morgan fingerprint density at radius 1 is 1.26 bits per heavy atom. The fourth-order valence-corrected chi connectivity index (χ4v) is 4.35. The lowest BCUT2D eigenvalue weighted by Crippen LogP contribution is -2.54. The summed E-state index contributed by atoms with van der Waals surface area (Å²) in [5.74, 6) is 0.218. The normalized spacial score (nSPS) is 33.0. The van der Waals surface area contributed by atoms with E-state index in [-0.39, 0.29) is 23.4 Å². The maximum Gasteiger partial charge on any atom is 0.203 e. The Morgan fingerprint density at radius 3 is 2.61 bits per heavy atom. The quantitative estimate of drug-likeness (QED) is 0.788. The molecule has 1 aliphatic heterocycles. The van der Waals surface area contributed by atoms with Gasteiger partial charge in [0.2, 0.25) is 5.70 Å². The van der Waals surface area contributed by atoms with Crippen LogP contribution >= 0.6 is 0 Å². The van der Waals surface area contributed by atoms with E-state index in [0.717, 1.165) is 19.3 Å². The Kier molecular flexibility index (Phi) is 3.98. The maximum atomic E-state index is 10.5. The van der Waals surface area contributed by atoms with Crippen LogP contribution in [0.15, 0.2) is 41.8 Å². The van der Waals surface area contributed by atoms with E-state index in [1.807, 2.05) is 19.9 Å². The van der Waals surface area contributed by atoms with E-state index in [1.165, 1.54) is 5.56 Å². The molecule has 0 amide bonds. The molecule has 3 rings (SSSR count). The second-order valence-electron chi connectivity index (χ2n) is 7.83. The van der Waals surface area contributed by atoms with Crippen LogP contribution in [0.25, 0.3) is 4.85 Å². The van der Waals surface area contributed by atoms with Gasteiger partial charge in [0.15, 0.2) is 0 Å². The van der Waals surface area contributed by atoms with Crippen molar-refractivity contribution in [1.29, 1.82) is 0 Å². The Bertz CT molecular complexity index is 656. The van der Waals surface area contributed by atoms with Crippen LogP contribution in [-0.2, 0) is 11.2 Å². The second-order valence-corrected chi connectivity index (χ2v) is 7.83. The highest BCUT2D eigenvalue weighted by Crippen LogP contribution is 2.55. The minimum atomic E-state index is -0.512. The smallest absolute Gasteiger partial charge is 0.203 e. The molecular weight excluding hydrogens is 286 g/mol. The van der Waals surface area contributed by atoms with Crippen molar-refractivity contribution in [2.75, 3.05) is 0 Å². The molecule has 3 heteroatoms. The number of allylic oxidation sites excluding steroid dienone is 1. The molecule has 1 N–H and O–H groups in total. The number of aliphatic hydroxyl groups is 1. The van der Waals surface area contributed by atoms with Crippen molar-refractivity contribution >= 4 is 0 Å². The molecule has 3 atom stereocenters. The highest BCUT2D eigenvalue weighted by molar-refractivity contribution is 5.29. The molecule has 1 aromatic carbocycles. The summed E-state index contributed by atoms with van der Waals surface area (Å²) in [5.41, 5.74) is 1.22. The van der Waals surface area contributed by atoms with E-state index in [9.17, 15) is 5.11 Å². The van der Waals surface area contributed by atoms with Gasteiger partial charge in [-0.1, -0.05) is 51.1 Å². The number of fused-ring (bicyclic) bond motifs is 1. The Balaban J connectivity index is 1.84. The van der Waals surface area contributed by atoms with Crippen molar-refractivity contribution < 1.29 is 9.84 Å². The van der Waals surface area contributed by atoms with E-state index >= 15 is 0 Å². The first kappa shape index (κ1) is 16.1. The molecule has 0 aromatic heterocycles. The van der Waals surface area contributed by atoms with Crippen LogP contribution < -0.4 is 0 Å². The predicted octanol–water partition coefficient (Wildman–Crippen LogP) is 4.90. The molecule has 0 saturated carbocycles. The molecule has 1 fully saturated rings. The maximum absolute atomic E-state index is 10.5. The lowest BCUT2D eigenvalue weighted by molar-refractivity contribution is -0.175. The number of hydrogen-bond acceptors (Lipinski definition) is 2.